The van der Waals surface area contributed by atoms with E-state index in [9.17, 15) is 0 Å². The molecule has 2 heterocycles. The Kier molecular flexibility index (Phi) is 6.76. The van der Waals surface area contributed by atoms with E-state index in [1.807, 2.05) is 11.3 Å². The van der Waals surface area contributed by atoms with Crippen LogP contribution in [0.15, 0.2) is 192 Å². The van der Waals surface area contributed by atoms with Gasteiger partial charge in [-0.1, -0.05) is 140 Å². The van der Waals surface area contributed by atoms with Gasteiger partial charge in [-0.3, -0.25) is 0 Å². The number of hydrogen-bond donors (Lipinski definition) is 0. The maximum atomic E-state index is 7.06. The van der Waals surface area contributed by atoms with Crippen LogP contribution in [0, 0.1) is 0 Å². The van der Waals surface area contributed by atoms with Crippen LogP contribution in [-0.4, -0.2) is 0 Å². The number of furan rings is 1. The lowest BCUT2D eigenvalue weighted by molar-refractivity contribution is 0.670. The first-order chi connectivity index (χ1) is 26.3. The summed E-state index contributed by atoms with van der Waals surface area (Å²) in [4.78, 5) is 2.39. The number of anilines is 3. The molecule has 248 valence electrons. The van der Waals surface area contributed by atoms with Gasteiger partial charge < -0.3 is 9.32 Å². The summed E-state index contributed by atoms with van der Waals surface area (Å²) < 4.78 is 9.63. The van der Waals surface area contributed by atoms with Crippen LogP contribution in [0.4, 0.5) is 17.1 Å². The van der Waals surface area contributed by atoms with Gasteiger partial charge in [-0.2, -0.15) is 0 Å². The van der Waals surface area contributed by atoms with E-state index in [2.05, 4.69) is 193 Å². The Morgan fingerprint density at radius 1 is 0.434 bits per heavy atom. The molecule has 3 heteroatoms. The number of hydrogen-bond acceptors (Lipinski definition) is 3. The monoisotopic (exact) mass is 693 g/mol. The first kappa shape index (κ1) is 30.0. The van der Waals surface area contributed by atoms with Gasteiger partial charge in [0.05, 0.1) is 11.1 Å². The Morgan fingerprint density at radius 3 is 1.98 bits per heavy atom. The SMILES string of the molecule is c1ccc(-c2ccc(N(c3ccc4ccccc4c3)c3cccc4oc5c(-c6cccc7c6sc6ccccc67)c6ccccc6cc5c34)cc2)cc1. The standard InChI is InChI=1S/C50H31NOS/c1-2-12-32(13-3-1)34-24-27-37(28-25-34)51(38-29-26-33-14-4-5-15-35(33)30-38)44-21-11-22-45-48(44)43-31-36-16-6-7-17-39(36)47(49(43)52-45)42-20-10-19-41-40-18-8-9-23-46(40)53-50(41)42/h1-31H. The Labute approximate surface area is 310 Å². The predicted molar refractivity (Wildman–Crippen MR) is 227 cm³/mol. The molecule has 11 aromatic rings. The molecule has 2 nitrogen and oxygen atoms in total. The average Bonchev–Trinajstić information content (AvgIpc) is 3.80. The zero-order valence-electron chi connectivity index (χ0n) is 28.7. The highest BCUT2D eigenvalue weighted by atomic mass is 32.1. The number of fused-ring (bicyclic) bond motifs is 8. The quantitative estimate of drug-likeness (QED) is 0.178. The second-order valence-corrected chi connectivity index (χ2v) is 14.7. The summed E-state index contributed by atoms with van der Waals surface area (Å²) in [7, 11) is 0. The summed E-state index contributed by atoms with van der Waals surface area (Å²) in [5.41, 5.74) is 9.75. The summed E-state index contributed by atoms with van der Waals surface area (Å²) in [5, 5.41) is 9.57. The lowest BCUT2D eigenvalue weighted by Gasteiger charge is -2.27. The van der Waals surface area contributed by atoms with Gasteiger partial charge in [-0.15, -0.1) is 11.3 Å². The fourth-order valence-corrected chi connectivity index (χ4v) is 9.40. The molecule has 11 rings (SSSR count). The van der Waals surface area contributed by atoms with Gasteiger partial charge in [-0.05, 0) is 81.2 Å². The maximum absolute atomic E-state index is 7.06. The molecule has 0 saturated carbocycles. The van der Waals surface area contributed by atoms with Crippen LogP contribution < -0.4 is 4.90 Å². The molecule has 0 fully saturated rings. The van der Waals surface area contributed by atoms with Crippen LogP contribution >= 0.6 is 11.3 Å². The third-order valence-corrected chi connectivity index (χ3v) is 11.8. The second kappa shape index (κ2) is 11.9. The third kappa shape index (κ3) is 4.78. The van der Waals surface area contributed by atoms with Gasteiger partial charge in [0.1, 0.15) is 11.2 Å². The van der Waals surface area contributed by atoms with Crippen LogP contribution in [-0.2, 0) is 0 Å². The predicted octanol–water partition coefficient (Wildman–Crippen LogP) is 15.1. The number of benzene rings is 9. The van der Waals surface area contributed by atoms with E-state index >= 15 is 0 Å². The largest absolute Gasteiger partial charge is 0.455 e. The molecule has 0 N–H and O–H groups in total. The van der Waals surface area contributed by atoms with Crippen molar-refractivity contribution in [3.8, 4) is 22.3 Å². The lowest BCUT2D eigenvalue weighted by atomic mass is 9.94. The molecule has 0 spiro atoms. The van der Waals surface area contributed by atoms with Crippen molar-refractivity contribution in [2.75, 3.05) is 4.90 Å². The number of thiophene rings is 1. The van der Waals surface area contributed by atoms with Gasteiger partial charge in [0.25, 0.3) is 0 Å². The topological polar surface area (TPSA) is 16.4 Å². The zero-order chi connectivity index (χ0) is 34.9. The Bertz CT molecular complexity index is 3170. The highest BCUT2D eigenvalue weighted by molar-refractivity contribution is 7.26. The van der Waals surface area contributed by atoms with Crippen molar-refractivity contribution in [1.82, 2.24) is 0 Å². The smallest absolute Gasteiger partial charge is 0.144 e. The maximum Gasteiger partial charge on any atom is 0.144 e. The first-order valence-electron chi connectivity index (χ1n) is 18.0. The van der Waals surface area contributed by atoms with Crippen molar-refractivity contribution in [2.24, 2.45) is 0 Å². The van der Waals surface area contributed by atoms with Crippen molar-refractivity contribution in [3.05, 3.63) is 188 Å². The average molecular weight is 694 g/mol. The molecule has 0 aliphatic rings. The summed E-state index contributed by atoms with van der Waals surface area (Å²) in [6.07, 6.45) is 0. The summed E-state index contributed by atoms with van der Waals surface area (Å²) in [6.45, 7) is 0. The summed E-state index contributed by atoms with van der Waals surface area (Å²) in [6, 6.07) is 67.8. The van der Waals surface area contributed by atoms with Crippen LogP contribution in [0.2, 0.25) is 0 Å². The molecule has 0 unspecified atom stereocenters. The number of nitrogens with zero attached hydrogens (tertiary/aromatic N) is 1. The number of rotatable bonds is 5. The van der Waals surface area contributed by atoms with Crippen LogP contribution in [0.3, 0.4) is 0 Å². The van der Waals surface area contributed by atoms with E-state index in [-0.39, 0.29) is 0 Å². The minimum absolute atomic E-state index is 0.865. The minimum Gasteiger partial charge on any atom is -0.455 e. The van der Waals surface area contributed by atoms with E-state index in [4.69, 9.17) is 4.42 Å². The van der Waals surface area contributed by atoms with Gasteiger partial charge in [0, 0.05) is 48.1 Å². The third-order valence-electron chi connectivity index (χ3n) is 10.6. The van der Waals surface area contributed by atoms with Gasteiger partial charge in [0.2, 0.25) is 0 Å². The molecular formula is C50H31NOS. The molecule has 0 aliphatic heterocycles. The highest BCUT2D eigenvalue weighted by Crippen LogP contribution is 2.49. The van der Waals surface area contributed by atoms with E-state index < -0.39 is 0 Å². The molecule has 0 amide bonds. The molecule has 0 saturated heterocycles. The fraction of sp³-hybridized carbons (Fsp3) is 0. The Balaban J connectivity index is 1.20. The van der Waals surface area contributed by atoms with Crippen molar-refractivity contribution in [3.63, 3.8) is 0 Å². The van der Waals surface area contributed by atoms with Crippen LogP contribution in [0.25, 0.3) is 85.9 Å². The van der Waals surface area contributed by atoms with Crippen molar-refractivity contribution < 1.29 is 4.42 Å². The fourth-order valence-electron chi connectivity index (χ4n) is 8.18. The molecule has 0 bridgehead atoms. The lowest BCUT2D eigenvalue weighted by Crippen LogP contribution is -2.10. The minimum atomic E-state index is 0.865. The molecule has 0 aliphatic carbocycles. The normalized spacial score (nSPS) is 11.8. The molecule has 53 heavy (non-hydrogen) atoms. The molecule has 0 radical (unpaired) electrons. The van der Waals surface area contributed by atoms with Gasteiger partial charge in [0.15, 0.2) is 0 Å². The van der Waals surface area contributed by atoms with E-state index in [0.717, 1.165) is 44.6 Å². The Morgan fingerprint density at radius 2 is 1.11 bits per heavy atom. The van der Waals surface area contributed by atoms with E-state index in [1.165, 1.54) is 58.4 Å². The van der Waals surface area contributed by atoms with Crippen LogP contribution in [0.1, 0.15) is 0 Å². The van der Waals surface area contributed by atoms with Gasteiger partial charge in [-0.25, -0.2) is 0 Å². The summed E-state index contributed by atoms with van der Waals surface area (Å²) >= 11 is 1.86. The van der Waals surface area contributed by atoms with Gasteiger partial charge >= 0.3 is 0 Å². The van der Waals surface area contributed by atoms with E-state index in [1.54, 1.807) is 0 Å². The summed E-state index contributed by atoms with van der Waals surface area (Å²) in [5.74, 6) is 0. The van der Waals surface area contributed by atoms with Crippen LogP contribution in [0.5, 0.6) is 0 Å². The Hall–Kier alpha value is -6.68. The zero-order valence-corrected chi connectivity index (χ0v) is 29.5. The molecule has 2 aromatic heterocycles. The molecule has 9 aromatic carbocycles. The second-order valence-electron chi connectivity index (χ2n) is 13.7. The molecular weight excluding hydrogens is 663 g/mol. The van der Waals surface area contributed by atoms with E-state index in [0.29, 0.717) is 0 Å². The highest BCUT2D eigenvalue weighted by Gasteiger charge is 2.24. The van der Waals surface area contributed by atoms with Crippen molar-refractivity contribution >= 4 is 92.1 Å². The van der Waals surface area contributed by atoms with Crippen molar-refractivity contribution in [1.29, 1.82) is 0 Å². The van der Waals surface area contributed by atoms with Crippen molar-refractivity contribution in [2.45, 2.75) is 0 Å². The molecule has 0 atom stereocenters. The first-order valence-corrected chi connectivity index (χ1v) is 18.8.